The standard InChI is InChI=1S/C44H84N2O4/c1-5-7-9-11-13-15-17-19-21-23-25-27-29-31-33-35-38-48-41-42(49-40-37-46(3)4)43(44(45)47)50-39-36-34-32-30-28-26-24-22-20-18-16-14-12-10-8-6-2/h14,16,19-22,42-43H,5-13,15,17-18,23-41H2,1-4H3,(H2,45,47)/b16-14-,21-19-,22-20-. The van der Waals surface area contributed by atoms with Gasteiger partial charge in [-0.25, -0.2) is 0 Å². The van der Waals surface area contributed by atoms with Crippen molar-refractivity contribution in [3.63, 3.8) is 0 Å². The average Bonchev–Trinajstić information content (AvgIpc) is 3.09. The number of rotatable bonds is 40. The monoisotopic (exact) mass is 705 g/mol. The van der Waals surface area contributed by atoms with E-state index in [1.165, 1.54) is 141 Å². The second-order valence-electron chi connectivity index (χ2n) is 14.5. The molecule has 0 aromatic carbocycles. The van der Waals surface area contributed by atoms with E-state index < -0.39 is 18.1 Å². The van der Waals surface area contributed by atoms with Crippen molar-refractivity contribution in [3.8, 4) is 0 Å². The Morgan fingerprint density at radius 3 is 1.46 bits per heavy atom. The molecule has 0 fully saturated rings. The van der Waals surface area contributed by atoms with Crippen LogP contribution in [-0.4, -0.2) is 70.1 Å². The summed E-state index contributed by atoms with van der Waals surface area (Å²) in [7, 11) is 4.02. The van der Waals surface area contributed by atoms with Gasteiger partial charge in [-0.3, -0.25) is 4.79 Å². The Labute approximate surface area is 311 Å². The Morgan fingerprint density at radius 2 is 0.960 bits per heavy atom. The van der Waals surface area contributed by atoms with Crippen LogP contribution in [0.4, 0.5) is 0 Å². The third kappa shape index (κ3) is 36.3. The van der Waals surface area contributed by atoms with Crippen molar-refractivity contribution in [3.05, 3.63) is 36.5 Å². The molecule has 2 atom stereocenters. The van der Waals surface area contributed by atoms with Crippen LogP contribution in [0.15, 0.2) is 36.5 Å². The maximum Gasteiger partial charge on any atom is 0.249 e. The minimum absolute atomic E-state index is 0.329. The minimum atomic E-state index is -0.782. The summed E-state index contributed by atoms with van der Waals surface area (Å²) in [4.78, 5) is 14.4. The van der Waals surface area contributed by atoms with E-state index in [4.69, 9.17) is 19.9 Å². The second kappa shape index (κ2) is 40.3. The number of unbranched alkanes of at least 4 members (excludes halogenated alkanes) is 21. The third-order valence-corrected chi connectivity index (χ3v) is 9.21. The van der Waals surface area contributed by atoms with Gasteiger partial charge in [0.25, 0.3) is 0 Å². The fraction of sp³-hybridized carbons (Fsp3) is 0.841. The van der Waals surface area contributed by atoms with Crippen LogP contribution in [0.5, 0.6) is 0 Å². The first kappa shape index (κ1) is 48.5. The molecule has 0 aliphatic heterocycles. The van der Waals surface area contributed by atoms with E-state index in [1.807, 2.05) is 14.1 Å². The number of hydrogen-bond acceptors (Lipinski definition) is 5. The molecule has 50 heavy (non-hydrogen) atoms. The van der Waals surface area contributed by atoms with Crippen LogP contribution in [0.2, 0.25) is 0 Å². The lowest BCUT2D eigenvalue weighted by Crippen LogP contribution is -2.46. The third-order valence-electron chi connectivity index (χ3n) is 9.21. The maximum absolute atomic E-state index is 12.4. The van der Waals surface area contributed by atoms with Crippen LogP contribution < -0.4 is 5.73 Å². The molecule has 0 aromatic heterocycles. The molecule has 6 heteroatoms. The summed E-state index contributed by atoms with van der Waals surface area (Å²) < 4.78 is 18.1. The van der Waals surface area contributed by atoms with Crippen molar-refractivity contribution in [2.45, 2.75) is 193 Å². The molecule has 0 heterocycles. The van der Waals surface area contributed by atoms with Crippen LogP contribution >= 0.6 is 0 Å². The van der Waals surface area contributed by atoms with Gasteiger partial charge in [-0.05, 0) is 84.7 Å². The SMILES string of the molecule is CCCCC/C=C\C/C=C\CCCCCCCCOC(C(N)=O)C(COCCCCCCCC/C=C\CCCCCCCC)OCCN(C)C. The Bertz CT molecular complexity index is 782. The second-order valence-corrected chi connectivity index (χ2v) is 14.5. The van der Waals surface area contributed by atoms with Gasteiger partial charge < -0.3 is 24.8 Å². The Balaban J connectivity index is 4.06. The van der Waals surface area contributed by atoms with Crippen molar-refractivity contribution in [1.29, 1.82) is 0 Å². The summed E-state index contributed by atoms with van der Waals surface area (Å²) in [6.45, 7) is 7.32. The summed E-state index contributed by atoms with van der Waals surface area (Å²) in [5.74, 6) is -0.472. The minimum Gasteiger partial charge on any atom is -0.379 e. The molecule has 0 rings (SSSR count). The van der Waals surface area contributed by atoms with E-state index in [9.17, 15) is 4.79 Å². The van der Waals surface area contributed by atoms with E-state index >= 15 is 0 Å². The van der Waals surface area contributed by atoms with Gasteiger partial charge in [0, 0.05) is 19.8 Å². The van der Waals surface area contributed by atoms with Crippen molar-refractivity contribution >= 4 is 5.91 Å². The number of primary amides is 1. The van der Waals surface area contributed by atoms with Crippen molar-refractivity contribution in [1.82, 2.24) is 4.90 Å². The first-order valence-electron chi connectivity index (χ1n) is 21.2. The number of allylic oxidation sites excluding steroid dienone is 6. The number of ether oxygens (including phenoxy) is 3. The molecule has 0 aliphatic rings. The molecule has 294 valence electrons. The fourth-order valence-corrected chi connectivity index (χ4v) is 5.93. The number of nitrogens with zero attached hydrogens (tertiary/aromatic N) is 1. The maximum atomic E-state index is 12.4. The van der Waals surface area contributed by atoms with Crippen LogP contribution in [0, 0.1) is 0 Å². The van der Waals surface area contributed by atoms with Crippen LogP contribution in [0.1, 0.15) is 181 Å². The quantitative estimate of drug-likeness (QED) is 0.0508. The number of nitrogens with two attached hydrogens (primary N) is 1. The molecule has 2 N–H and O–H groups in total. The molecule has 0 aromatic rings. The van der Waals surface area contributed by atoms with Gasteiger partial charge in [-0.15, -0.1) is 0 Å². The highest BCUT2D eigenvalue weighted by atomic mass is 16.6. The van der Waals surface area contributed by atoms with Crippen molar-refractivity contribution in [2.75, 3.05) is 47.1 Å². The molecule has 0 radical (unpaired) electrons. The van der Waals surface area contributed by atoms with Crippen molar-refractivity contribution < 1.29 is 19.0 Å². The molecule has 1 amide bonds. The molecule has 0 saturated heterocycles. The van der Waals surface area contributed by atoms with E-state index in [1.54, 1.807) is 0 Å². The summed E-state index contributed by atoms with van der Waals surface area (Å²) in [6, 6.07) is 0. The number of hydrogen-bond donors (Lipinski definition) is 1. The van der Waals surface area contributed by atoms with Crippen LogP contribution in [0.3, 0.4) is 0 Å². The van der Waals surface area contributed by atoms with Crippen molar-refractivity contribution in [2.24, 2.45) is 5.73 Å². The van der Waals surface area contributed by atoms with E-state index in [2.05, 4.69) is 55.2 Å². The zero-order chi connectivity index (χ0) is 36.6. The normalized spacial score (nSPS) is 13.5. The van der Waals surface area contributed by atoms with E-state index in [0.717, 1.165) is 32.2 Å². The van der Waals surface area contributed by atoms with Gasteiger partial charge >= 0.3 is 0 Å². The Hall–Kier alpha value is -1.47. The number of carbonyl (C=O) groups excluding carboxylic acids is 1. The molecule has 0 aliphatic carbocycles. The molecule has 2 unspecified atom stereocenters. The Morgan fingerprint density at radius 1 is 0.540 bits per heavy atom. The fourth-order valence-electron chi connectivity index (χ4n) is 5.93. The van der Waals surface area contributed by atoms with Gasteiger partial charge in [0.05, 0.1) is 13.2 Å². The zero-order valence-corrected chi connectivity index (χ0v) is 33.7. The van der Waals surface area contributed by atoms with Gasteiger partial charge in [-0.2, -0.15) is 0 Å². The largest absolute Gasteiger partial charge is 0.379 e. The number of likely N-dealkylation sites (N-methyl/N-ethyl adjacent to an activating group) is 1. The highest BCUT2D eigenvalue weighted by Gasteiger charge is 2.28. The summed E-state index contributed by atoms with van der Waals surface area (Å²) in [5, 5.41) is 0. The number of amides is 1. The first-order chi connectivity index (χ1) is 24.5. The van der Waals surface area contributed by atoms with Crippen LogP contribution in [0.25, 0.3) is 0 Å². The molecule has 6 nitrogen and oxygen atoms in total. The molecule has 0 spiro atoms. The highest BCUT2D eigenvalue weighted by Crippen LogP contribution is 2.13. The summed E-state index contributed by atoms with van der Waals surface area (Å²) in [5.41, 5.74) is 5.79. The lowest BCUT2D eigenvalue weighted by atomic mass is 10.1. The van der Waals surface area contributed by atoms with E-state index in [-0.39, 0.29) is 0 Å². The lowest BCUT2D eigenvalue weighted by Gasteiger charge is -2.26. The Kier molecular flexibility index (Phi) is 39.1. The summed E-state index contributed by atoms with van der Waals surface area (Å²) in [6.07, 6.45) is 45.1. The predicted molar refractivity (Wildman–Crippen MR) is 217 cm³/mol. The van der Waals surface area contributed by atoms with Gasteiger partial charge in [0.2, 0.25) is 5.91 Å². The highest BCUT2D eigenvalue weighted by molar-refractivity contribution is 5.79. The first-order valence-corrected chi connectivity index (χ1v) is 21.2. The number of carbonyl (C=O) groups is 1. The average molecular weight is 705 g/mol. The molecule has 0 bridgehead atoms. The van der Waals surface area contributed by atoms with Gasteiger partial charge in [-0.1, -0.05) is 147 Å². The van der Waals surface area contributed by atoms with Gasteiger partial charge in [0.1, 0.15) is 6.10 Å². The predicted octanol–water partition coefficient (Wildman–Crippen LogP) is 11.7. The smallest absolute Gasteiger partial charge is 0.249 e. The summed E-state index contributed by atoms with van der Waals surface area (Å²) >= 11 is 0. The molecular weight excluding hydrogens is 620 g/mol. The van der Waals surface area contributed by atoms with Crippen LogP contribution in [-0.2, 0) is 19.0 Å². The van der Waals surface area contributed by atoms with Gasteiger partial charge in [0.15, 0.2) is 6.10 Å². The lowest BCUT2D eigenvalue weighted by molar-refractivity contribution is -0.148. The molecular formula is C44H84N2O4. The van der Waals surface area contributed by atoms with E-state index in [0.29, 0.717) is 26.4 Å². The zero-order valence-electron chi connectivity index (χ0n) is 33.7. The molecule has 0 saturated carbocycles. The topological polar surface area (TPSA) is 74.0 Å².